The zero-order chi connectivity index (χ0) is 22.1. The first-order chi connectivity index (χ1) is 14.9. The molecule has 11 heteroatoms. The lowest BCUT2D eigenvalue weighted by atomic mass is 10.1. The van der Waals surface area contributed by atoms with Crippen molar-refractivity contribution < 1.29 is 18.7 Å². The van der Waals surface area contributed by atoms with Gasteiger partial charge in [-0.1, -0.05) is 11.6 Å². The average Bonchev–Trinajstić information content (AvgIpc) is 3.35. The third kappa shape index (κ3) is 4.06. The lowest BCUT2D eigenvalue weighted by Gasteiger charge is -2.20. The van der Waals surface area contributed by atoms with Crippen LogP contribution in [0, 0.1) is 18.7 Å². The molecule has 1 aliphatic rings. The summed E-state index contributed by atoms with van der Waals surface area (Å²) in [5.41, 5.74) is 0.976. The second-order valence-corrected chi connectivity index (χ2v) is 7.45. The van der Waals surface area contributed by atoms with Crippen molar-refractivity contribution in [1.29, 1.82) is 0 Å². The first-order valence-corrected chi connectivity index (χ1v) is 9.75. The van der Waals surface area contributed by atoms with Crippen molar-refractivity contribution in [3.05, 3.63) is 53.1 Å². The number of halogens is 2. The number of carbonyl (C=O) groups excluding carboxylic acids is 2. The van der Waals surface area contributed by atoms with Gasteiger partial charge in [0.25, 0.3) is 0 Å². The van der Waals surface area contributed by atoms with Crippen LogP contribution in [-0.2, 0) is 9.59 Å². The largest absolute Gasteiger partial charge is 0.495 e. The van der Waals surface area contributed by atoms with Crippen molar-refractivity contribution in [2.75, 3.05) is 23.9 Å². The molecule has 1 aromatic heterocycles. The number of amides is 2. The van der Waals surface area contributed by atoms with E-state index in [1.807, 2.05) is 0 Å². The summed E-state index contributed by atoms with van der Waals surface area (Å²) in [6, 6.07) is 9.04. The Bertz CT molecular complexity index is 1170. The van der Waals surface area contributed by atoms with Crippen molar-refractivity contribution >= 4 is 34.8 Å². The van der Waals surface area contributed by atoms with Gasteiger partial charge in [-0.05, 0) is 53.7 Å². The van der Waals surface area contributed by atoms with Crippen LogP contribution in [0.1, 0.15) is 12.2 Å². The normalized spacial score (nSPS) is 15.9. The van der Waals surface area contributed by atoms with Gasteiger partial charge in [0.05, 0.1) is 18.7 Å². The van der Waals surface area contributed by atoms with Gasteiger partial charge in [-0.3, -0.25) is 9.59 Å². The molecule has 2 amide bonds. The Morgan fingerprint density at radius 2 is 2.06 bits per heavy atom. The van der Waals surface area contributed by atoms with Gasteiger partial charge in [-0.15, -0.1) is 5.10 Å². The zero-order valence-corrected chi connectivity index (χ0v) is 17.4. The number of aromatic nitrogens is 4. The number of methoxy groups -OCH3 is 1. The maximum absolute atomic E-state index is 14.2. The summed E-state index contributed by atoms with van der Waals surface area (Å²) in [4.78, 5) is 26.9. The lowest BCUT2D eigenvalue weighted by Crippen LogP contribution is -2.28. The zero-order valence-electron chi connectivity index (χ0n) is 16.7. The van der Waals surface area contributed by atoms with E-state index >= 15 is 0 Å². The molecule has 0 bridgehead atoms. The fourth-order valence-electron chi connectivity index (χ4n) is 3.44. The van der Waals surface area contributed by atoms with Gasteiger partial charge in [0.15, 0.2) is 5.82 Å². The highest BCUT2D eigenvalue weighted by molar-refractivity contribution is 6.31. The quantitative estimate of drug-likeness (QED) is 0.649. The second-order valence-electron chi connectivity index (χ2n) is 7.01. The van der Waals surface area contributed by atoms with Crippen LogP contribution in [0.15, 0.2) is 36.4 Å². The van der Waals surface area contributed by atoms with Crippen molar-refractivity contribution in [2.45, 2.75) is 13.3 Å². The van der Waals surface area contributed by atoms with E-state index in [0.717, 1.165) is 0 Å². The van der Waals surface area contributed by atoms with Gasteiger partial charge in [0.2, 0.25) is 11.8 Å². The number of nitrogens with zero attached hydrogens (tertiary/aromatic N) is 5. The molecule has 1 N–H and O–H groups in total. The number of hydrogen-bond donors (Lipinski definition) is 1. The summed E-state index contributed by atoms with van der Waals surface area (Å²) < 4.78 is 20.8. The van der Waals surface area contributed by atoms with Crippen molar-refractivity contribution in [1.82, 2.24) is 20.2 Å². The van der Waals surface area contributed by atoms with E-state index in [1.165, 1.54) is 34.9 Å². The van der Waals surface area contributed by atoms with Crippen molar-refractivity contribution in [3.8, 4) is 11.4 Å². The summed E-state index contributed by atoms with van der Waals surface area (Å²) >= 11 is 6.07. The number of aryl methyl sites for hydroxylation is 1. The van der Waals surface area contributed by atoms with Crippen molar-refractivity contribution in [2.24, 2.45) is 5.92 Å². The lowest BCUT2D eigenvalue weighted by molar-refractivity contribution is -0.122. The molecule has 3 aromatic rings. The molecule has 1 unspecified atom stereocenters. The Morgan fingerprint density at radius 3 is 2.77 bits per heavy atom. The molecule has 1 fully saturated rings. The molecule has 4 rings (SSSR count). The Balaban J connectivity index is 1.52. The molecule has 160 valence electrons. The SMILES string of the molecule is COc1ccc(Cl)cc1N1CC(C(=O)Nc2ccc(F)c(-n3nnnc3C)c2)CC1=O. The maximum Gasteiger partial charge on any atom is 0.229 e. The van der Waals surface area contributed by atoms with E-state index in [4.69, 9.17) is 16.3 Å². The fraction of sp³-hybridized carbons (Fsp3) is 0.250. The highest BCUT2D eigenvalue weighted by Crippen LogP contribution is 2.35. The smallest absolute Gasteiger partial charge is 0.229 e. The number of rotatable bonds is 5. The topological polar surface area (TPSA) is 102 Å². The highest BCUT2D eigenvalue weighted by atomic mass is 35.5. The van der Waals surface area contributed by atoms with Gasteiger partial charge >= 0.3 is 0 Å². The van der Waals surface area contributed by atoms with E-state index in [1.54, 1.807) is 25.1 Å². The van der Waals surface area contributed by atoms with Crippen LogP contribution in [0.25, 0.3) is 5.69 Å². The van der Waals surface area contributed by atoms with E-state index in [0.29, 0.717) is 28.0 Å². The first-order valence-electron chi connectivity index (χ1n) is 9.37. The summed E-state index contributed by atoms with van der Waals surface area (Å²) in [5, 5.41) is 14.2. The minimum absolute atomic E-state index is 0.0294. The van der Waals surface area contributed by atoms with E-state index in [-0.39, 0.29) is 30.5 Å². The number of ether oxygens (including phenoxy) is 1. The number of nitrogens with one attached hydrogen (secondary N) is 1. The van der Waals surface area contributed by atoms with Crippen LogP contribution in [-0.4, -0.2) is 45.7 Å². The molecular formula is C20H18ClFN6O3. The molecule has 0 spiro atoms. The predicted octanol–water partition coefficient (Wildman–Crippen LogP) is 2.76. The number of anilines is 2. The van der Waals surface area contributed by atoms with Gasteiger partial charge in [-0.2, -0.15) is 4.68 Å². The molecule has 1 atom stereocenters. The fourth-order valence-corrected chi connectivity index (χ4v) is 3.61. The summed E-state index contributed by atoms with van der Waals surface area (Å²) in [6.45, 7) is 1.80. The predicted molar refractivity (Wildman–Crippen MR) is 111 cm³/mol. The standard InChI is InChI=1S/C20H18ClFN6O3/c1-11-24-25-26-28(11)16-9-14(4-5-15(16)22)23-20(30)12-7-19(29)27(10-12)17-8-13(21)3-6-18(17)31-2/h3-6,8-9,12H,7,10H2,1-2H3,(H,23,30). The van der Waals surface area contributed by atoms with Crippen LogP contribution in [0.2, 0.25) is 5.02 Å². The van der Waals surface area contributed by atoms with Crippen LogP contribution in [0.4, 0.5) is 15.8 Å². The van der Waals surface area contributed by atoms with E-state index in [2.05, 4.69) is 20.8 Å². The number of tetrazole rings is 1. The molecule has 0 radical (unpaired) electrons. The number of hydrogen-bond acceptors (Lipinski definition) is 6. The van der Waals surface area contributed by atoms with Crippen LogP contribution in [0.3, 0.4) is 0 Å². The van der Waals surface area contributed by atoms with Gasteiger partial charge in [0, 0.05) is 23.7 Å². The number of carbonyl (C=O) groups is 2. The average molecular weight is 445 g/mol. The molecule has 0 aliphatic carbocycles. The van der Waals surface area contributed by atoms with E-state index < -0.39 is 11.7 Å². The monoisotopic (exact) mass is 444 g/mol. The first kappa shape index (κ1) is 20.7. The summed E-state index contributed by atoms with van der Waals surface area (Å²) in [5.74, 6) is -0.829. The van der Waals surface area contributed by atoms with Gasteiger partial charge < -0.3 is 15.0 Å². The molecule has 2 aromatic carbocycles. The third-order valence-corrected chi connectivity index (χ3v) is 5.23. The molecule has 2 heterocycles. The second kappa shape index (κ2) is 8.31. The van der Waals surface area contributed by atoms with Gasteiger partial charge in [0.1, 0.15) is 17.3 Å². The Morgan fingerprint density at radius 1 is 1.26 bits per heavy atom. The molecule has 1 saturated heterocycles. The maximum atomic E-state index is 14.2. The van der Waals surface area contributed by atoms with Crippen LogP contribution in [0.5, 0.6) is 5.75 Å². The number of benzene rings is 2. The van der Waals surface area contributed by atoms with Crippen LogP contribution >= 0.6 is 11.6 Å². The molecule has 31 heavy (non-hydrogen) atoms. The molecule has 0 saturated carbocycles. The van der Waals surface area contributed by atoms with Crippen molar-refractivity contribution in [3.63, 3.8) is 0 Å². The third-order valence-electron chi connectivity index (χ3n) is 4.99. The molecule has 9 nitrogen and oxygen atoms in total. The summed E-state index contributed by atoms with van der Waals surface area (Å²) in [7, 11) is 1.50. The minimum Gasteiger partial charge on any atom is -0.495 e. The Hall–Kier alpha value is -3.53. The Kier molecular flexibility index (Phi) is 5.55. The van der Waals surface area contributed by atoms with Crippen LogP contribution < -0.4 is 15.0 Å². The highest BCUT2D eigenvalue weighted by Gasteiger charge is 2.36. The summed E-state index contributed by atoms with van der Waals surface area (Å²) in [6.07, 6.45) is 0.0294. The van der Waals surface area contributed by atoms with Gasteiger partial charge in [-0.25, -0.2) is 4.39 Å². The van der Waals surface area contributed by atoms with E-state index in [9.17, 15) is 14.0 Å². The molecular weight excluding hydrogens is 427 g/mol. The minimum atomic E-state index is -0.598. The Labute approximate surface area is 181 Å². The molecule has 1 aliphatic heterocycles.